The molecule has 1 atom stereocenters. The predicted octanol–water partition coefficient (Wildman–Crippen LogP) is 4.95. The minimum Gasteiger partial charge on any atom is -0.461 e. The molecule has 0 bridgehead atoms. The molecule has 0 aromatic heterocycles. The van der Waals surface area contributed by atoms with Gasteiger partial charge in [-0.3, -0.25) is 0 Å². The van der Waals surface area contributed by atoms with Crippen molar-refractivity contribution in [1.82, 2.24) is 0 Å². The summed E-state index contributed by atoms with van der Waals surface area (Å²) in [5.74, 6) is 1.35. The standard InChI is InChI=1S/C18H15BrO2/c1-2-16-18(12-6-4-3-5-7-12)15(11-20)14-10-13(19)8-9-17(14)21-16/h3-11,15H,2H2,1H3. The molecule has 0 saturated heterocycles. The van der Waals surface area contributed by atoms with Crippen LogP contribution in [-0.2, 0) is 4.79 Å². The Kier molecular flexibility index (Phi) is 3.93. The van der Waals surface area contributed by atoms with Crippen LogP contribution in [0.5, 0.6) is 5.75 Å². The van der Waals surface area contributed by atoms with Crippen molar-refractivity contribution in [3.05, 3.63) is 69.9 Å². The molecular weight excluding hydrogens is 328 g/mol. The number of rotatable bonds is 3. The van der Waals surface area contributed by atoms with E-state index in [9.17, 15) is 4.79 Å². The van der Waals surface area contributed by atoms with Crippen LogP contribution in [0.25, 0.3) is 5.57 Å². The molecule has 21 heavy (non-hydrogen) atoms. The minimum atomic E-state index is -0.288. The summed E-state index contributed by atoms with van der Waals surface area (Å²) in [4.78, 5) is 11.8. The maximum absolute atomic E-state index is 11.8. The zero-order valence-corrected chi connectivity index (χ0v) is 13.3. The van der Waals surface area contributed by atoms with Crippen LogP contribution in [0.1, 0.15) is 30.4 Å². The number of benzene rings is 2. The summed E-state index contributed by atoms with van der Waals surface area (Å²) < 4.78 is 6.98. The maximum Gasteiger partial charge on any atom is 0.132 e. The van der Waals surface area contributed by atoms with Crippen LogP contribution in [0.2, 0.25) is 0 Å². The summed E-state index contributed by atoms with van der Waals surface area (Å²) in [5.41, 5.74) is 2.92. The summed E-state index contributed by atoms with van der Waals surface area (Å²) in [7, 11) is 0. The highest BCUT2D eigenvalue weighted by Gasteiger charge is 2.29. The van der Waals surface area contributed by atoms with Gasteiger partial charge in [-0.25, -0.2) is 0 Å². The van der Waals surface area contributed by atoms with Crippen molar-refractivity contribution in [1.29, 1.82) is 0 Å². The fourth-order valence-corrected chi connectivity index (χ4v) is 3.11. The molecule has 2 aromatic rings. The molecular formula is C18H15BrO2. The average molecular weight is 343 g/mol. The summed E-state index contributed by atoms with van der Waals surface area (Å²) >= 11 is 3.47. The van der Waals surface area contributed by atoms with Gasteiger partial charge in [-0.2, -0.15) is 0 Å². The van der Waals surface area contributed by atoms with E-state index in [4.69, 9.17) is 4.74 Å². The van der Waals surface area contributed by atoms with Crippen molar-refractivity contribution in [3.63, 3.8) is 0 Å². The van der Waals surface area contributed by atoms with Crippen LogP contribution in [-0.4, -0.2) is 6.29 Å². The molecule has 1 aliphatic rings. The van der Waals surface area contributed by atoms with Crippen LogP contribution < -0.4 is 4.74 Å². The molecule has 0 amide bonds. The van der Waals surface area contributed by atoms with Gasteiger partial charge in [0.15, 0.2) is 0 Å². The van der Waals surface area contributed by atoms with Gasteiger partial charge in [-0.1, -0.05) is 53.2 Å². The van der Waals surface area contributed by atoms with Gasteiger partial charge in [0.2, 0.25) is 0 Å². The van der Waals surface area contributed by atoms with Gasteiger partial charge in [-0.05, 0) is 23.8 Å². The smallest absolute Gasteiger partial charge is 0.132 e. The Bertz CT molecular complexity index is 704. The number of aldehydes is 1. The first-order valence-electron chi connectivity index (χ1n) is 6.95. The molecule has 106 valence electrons. The average Bonchev–Trinajstić information content (AvgIpc) is 2.53. The van der Waals surface area contributed by atoms with E-state index in [0.29, 0.717) is 0 Å². The predicted molar refractivity (Wildman–Crippen MR) is 87.2 cm³/mol. The van der Waals surface area contributed by atoms with Crippen LogP contribution in [0.15, 0.2) is 58.8 Å². The lowest BCUT2D eigenvalue weighted by atomic mass is 9.84. The number of hydrogen-bond donors (Lipinski definition) is 0. The number of carbonyl (C=O) groups excluding carboxylic acids is 1. The van der Waals surface area contributed by atoms with Gasteiger partial charge >= 0.3 is 0 Å². The second-order valence-electron chi connectivity index (χ2n) is 4.95. The topological polar surface area (TPSA) is 26.3 Å². The Morgan fingerprint density at radius 2 is 1.95 bits per heavy atom. The molecule has 2 aromatic carbocycles. The van der Waals surface area contributed by atoms with Gasteiger partial charge in [0.25, 0.3) is 0 Å². The number of halogens is 1. The van der Waals surface area contributed by atoms with E-state index in [2.05, 4.69) is 15.9 Å². The van der Waals surface area contributed by atoms with Crippen molar-refractivity contribution in [2.24, 2.45) is 0 Å². The Balaban J connectivity index is 2.20. The van der Waals surface area contributed by atoms with E-state index in [-0.39, 0.29) is 5.92 Å². The molecule has 0 N–H and O–H groups in total. The van der Waals surface area contributed by atoms with E-state index in [1.165, 1.54) is 0 Å². The third-order valence-corrected chi connectivity index (χ3v) is 4.19. The van der Waals surface area contributed by atoms with E-state index in [1.54, 1.807) is 0 Å². The van der Waals surface area contributed by atoms with Gasteiger partial charge < -0.3 is 9.53 Å². The van der Waals surface area contributed by atoms with Crippen LogP contribution in [0.3, 0.4) is 0 Å². The monoisotopic (exact) mass is 342 g/mol. The van der Waals surface area contributed by atoms with E-state index in [1.807, 2.05) is 55.5 Å². The zero-order valence-electron chi connectivity index (χ0n) is 11.7. The Labute approximate surface area is 132 Å². The first kappa shape index (κ1) is 14.1. The number of ether oxygens (including phenoxy) is 1. The summed E-state index contributed by atoms with van der Waals surface area (Å²) in [6, 6.07) is 15.8. The minimum absolute atomic E-state index is 0.288. The maximum atomic E-state index is 11.8. The fourth-order valence-electron chi connectivity index (χ4n) is 2.73. The number of allylic oxidation sites excluding steroid dienone is 2. The lowest BCUT2D eigenvalue weighted by Crippen LogP contribution is -2.16. The Morgan fingerprint density at radius 1 is 1.19 bits per heavy atom. The lowest BCUT2D eigenvalue weighted by molar-refractivity contribution is -0.108. The summed E-state index contributed by atoms with van der Waals surface area (Å²) in [5, 5.41) is 0. The van der Waals surface area contributed by atoms with Crippen molar-refractivity contribution >= 4 is 27.8 Å². The number of hydrogen-bond acceptors (Lipinski definition) is 2. The quantitative estimate of drug-likeness (QED) is 0.738. The van der Waals surface area contributed by atoms with Crippen LogP contribution >= 0.6 is 15.9 Å². The fraction of sp³-hybridized carbons (Fsp3) is 0.167. The van der Waals surface area contributed by atoms with Crippen molar-refractivity contribution in [2.75, 3.05) is 0 Å². The highest BCUT2D eigenvalue weighted by atomic mass is 79.9. The molecule has 0 saturated carbocycles. The first-order chi connectivity index (χ1) is 10.2. The number of carbonyl (C=O) groups is 1. The molecule has 1 heterocycles. The molecule has 1 unspecified atom stereocenters. The second-order valence-corrected chi connectivity index (χ2v) is 5.87. The van der Waals surface area contributed by atoms with E-state index >= 15 is 0 Å². The summed E-state index contributed by atoms with van der Waals surface area (Å²) in [6.45, 7) is 2.05. The molecule has 0 fully saturated rings. The SMILES string of the molecule is CCC1=C(c2ccccc2)C(C=O)c2cc(Br)ccc2O1. The van der Waals surface area contributed by atoms with Crippen molar-refractivity contribution in [3.8, 4) is 5.75 Å². The highest BCUT2D eigenvalue weighted by molar-refractivity contribution is 9.10. The Morgan fingerprint density at radius 3 is 2.62 bits per heavy atom. The van der Waals surface area contributed by atoms with E-state index in [0.717, 1.165) is 45.4 Å². The molecule has 0 spiro atoms. The molecule has 0 radical (unpaired) electrons. The first-order valence-corrected chi connectivity index (χ1v) is 7.75. The molecule has 3 rings (SSSR count). The molecule has 3 heteroatoms. The molecule has 1 aliphatic heterocycles. The lowest BCUT2D eigenvalue weighted by Gasteiger charge is -2.28. The molecule has 0 aliphatic carbocycles. The van der Waals surface area contributed by atoms with Gasteiger partial charge in [0.05, 0.1) is 5.92 Å². The van der Waals surface area contributed by atoms with Gasteiger partial charge in [0.1, 0.15) is 17.8 Å². The van der Waals surface area contributed by atoms with Crippen LogP contribution in [0, 0.1) is 0 Å². The van der Waals surface area contributed by atoms with Crippen molar-refractivity contribution < 1.29 is 9.53 Å². The van der Waals surface area contributed by atoms with Gasteiger partial charge in [0, 0.05) is 22.0 Å². The largest absolute Gasteiger partial charge is 0.461 e. The number of fused-ring (bicyclic) bond motifs is 1. The van der Waals surface area contributed by atoms with Crippen LogP contribution in [0.4, 0.5) is 0 Å². The summed E-state index contributed by atoms with van der Waals surface area (Å²) in [6.07, 6.45) is 1.76. The normalized spacial score (nSPS) is 17.1. The Hall–Kier alpha value is -1.87. The third kappa shape index (κ3) is 2.54. The third-order valence-electron chi connectivity index (χ3n) is 3.69. The molecule has 2 nitrogen and oxygen atoms in total. The van der Waals surface area contributed by atoms with Gasteiger partial charge in [-0.15, -0.1) is 0 Å². The zero-order chi connectivity index (χ0) is 14.8. The van der Waals surface area contributed by atoms with E-state index < -0.39 is 0 Å². The van der Waals surface area contributed by atoms with Crippen molar-refractivity contribution in [2.45, 2.75) is 19.3 Å². The second kappa shape index (κ2) is 5.86. The highest BCUT2D eigenvalue weighted by Crippen LogP contribution is 2.44.